The Morgan fingerprint density at radius 2 is 2.21 bits per heavy atom. The summed E-state index contributed by atoms with van der Waals surface area (Å²) in [6.45, 7) is 1.76. The summed E-state index contributed by atoms with van der Waals surface area (Å²) in [6.07, 6.45) is 0.233. The molecule has 76 valence electrons. The van der Waals surface area contributed by atoms with Crippen LogP contribution < -0.4 is 5.32 Å². The van der Waals surface area contributed by atoms with Crippen LogP contribution in [0.1, 0.15) is 12.0 Å². The fraction of sp³-hybridized carbons (Fsp3) is 0.300. The molecule has 0 spiro atoms. The van der Waals surface area contributed by atoms with Gasteiger partial charge in [0.2, 0.25) is 5.91 Å². The summed E-state index contributed by atoms with van der Waals surface area (Å²) in [7, 11) is 0. The third kappa shape index (κ3) is 3.34. The maximum Gasteiger partial charge on any atom is 0.225 e. The van der Waals surface area contributed by atoms with E-state index in [1.54, 1.807) is 13.0 Å². The lowest BCUT2D eigenvalue weighted by Crippen LogP contribution is -2.11. The molecule has 0 atom stereocenters. The number of alkyl halides is 1. The quantitative estimate of drug-likeness (QED) is 0.772. The Morgan fingerprint density at radius 1 is 1.50 bits per heavy atom. The van der Waals surface area contributed by atoms with Gasteiger partial charge in [0.05, 0.1) is 0 Å². The molecule has 0 aromatic heterocycles. The fourth-order valence-corrected chi connectivity index (χ4v) is 1.29. The van der Waals surface area contributed by atoms with Crippen molar-refractivity contribution in [3.63, 3.8) is 0 Å². The molecule has 1 aromatic rings. The summed E-state index contributed by atoms with van der Waals surface area (Å²) in [4.78, 5) is 11.1. The minimum Gasteiger partial charge on any atom is -0.326 e. The van der Waals surface area contributed by atoms with Crippen LogP contribution in [-0.2, 0) is 4.79 Å². The molecule has 0 saturated heterocycles. The maximum atomic E-state index is 12.9. The molecule has 1 N–H and O–H groups in total. The van der Waals surface area contributed by atoms with E-state index in [9.17, 15) is 9.18 Å². The van der Waals surface area contributed by atoms with Crippen molar-refractivity contribution < 1.29 is 9.18 Å². The van der Waals surface area contributed by atoms with Crippen LogP contribution in [0.3, 0.4) is 0 Å². The van der Waals surface area contributed by atoms with Crippen molar-refractivity contribution in [2.45, 2.75) is 13.3 Å². The van der Waals surface area contributed by atoms with Gasteiger partial charge in [-0.3, -0.25) is 4.79 Å². The van der Waals surface area contributed by atoms with Gasteiger partial charge in [0.15, 0.2) is 0 Å². The lowest BCUT2D eigenvalue weighted by molar-refractivity contribution is -0.115. The Labute approximate surface area is 87.1 Å². The number of aryl methyl sites for hydroxylation is 1. The molecule has 0 saturated carbocycles. The maximum absolute atomic E-state index is 12.9. The second-order valence-electron chi connectivity index (χ2n) is 3.00. The second-order valence-corrected chi connectivity index (χ2v) is 3.38. The molecule has 1 aromatic carbocycles. The number of hydrogen-bond donors (Lipinski definition) is 1. The predicted molar refractivity (Wildman–Crippen MR) is 55.1 cm³/mol. The van der Waals surface area contributed by atoms with E-state index in [0.717, 1.165) is 5.56 Å². The number of nitrogens with one attached hydrogen (secondary N) is 1. The highest BCUT2D eigenvalue weighted by Gasteiger charge is 2.02. The van der Waals surface area contributed by atoms with E-state index in [2.05, 4.69) is 5.32 Å². The van der Waals surface area contributed by atoms with E-state index in [4.69, 9.17) is 11.6 Å². The lowest BCUT2D eigenvalue weighted by Gasteiger charge is -2.04. The first-order valence-electron chi connectivity index (χ1n) is 4.25. The van der Waals surface area contributed by atoms with E-state index < -0.39 is 0 Å². The number of hydrogen-bond acceptors (Lipinski definition) is 1. The van der Waals surface area contributed by atoms with Crippen molar-refractivity contribution in [1.82, 2.24) is 0 Å². The van der Waals surface area contributed by atoms with Crippen LogP contribution in [0.15, 0.2) is 18.2 Å². The number of carbonyl (C=O) groups excluding carboxylic acids is 1. The zero-order chi connectivity index (χ0) is 10.6. The zero-order valence-electron chi connectivity index (χ0n) is 7.81. The van der Waals surface area contributed by atoms with Crippen LogP contribution >= 0.6 is 11.6 Å². The normalized spacial score (nSPS) is 9.93. The van der Waals surface area contributed by atoms with Gasteiger partial charge >= 0.3 is 0 Å². The molecule has 0 aliphatic rings. The minimum absolute atomic E-state index is 0.204. The van der Waals surface area contributed by atoms with Gasteiger partial charge in [-0.05, 0) is 30.7 Å². The number of amides is 1. The number of rotatable bonds is 3. The summed E-state index contributed by atoms with van der Waals surface area (Å²) in [5.74, 6) is -0.295. The average molecular weight is 216 g/mol. The van der Waals surface area contributed by atoms with Gasteiger partial charge in [-0.1, -0.05) is 0 Å². The summed E-state index contributed by atoms with van der Waals surface area (Å²) in [5.41, 5.74) is 1.24. The van der Waals surface area contributed by atoms with Gasteiger partial charge in [-0.25, -0.2) is 4.39 Å². The Kier molecular flexibility index (Phi) is 3.89. The highest BCUT2D eigenvalue weighted by Crippen LogP contribution is 2.13. The topological polar surface area (TPSA) is 29.1 Å². The minimum atomic E-state index is -0.355. The molecule has 0 bridgehead atoms. The van der Waals surface area contributed by atoms with E-state index in [-0.39, 0.29) is 24.0 Å². The van der Waals surface area contributed by atoms with Gasteiger partial charge in [0.1, 0.15) is 5.82 Å². The SMILES string of the molecule is Cc1cc(F)cc(NC(=O)CCCl)c1. The number of carbonyl (C=O) groups is 1. The van der Waals surface area contributed by atoms with Gasteiger partial charge in [0.25, 0.3) is 0 Å². The Morgan fingerprint density at radius 3 is 2.79 bits per heavy atom. The van der Waals surface area contributed by atoms with Crippen LogP contribution in [0.2, 0.25) is 0 Å². The molecule has 0 fully saturated rings. The zero-order valence-corrected chi connectivity index (χ0v) is 8.57. The first-order valence-corrected chi connectivity index (χ1v) is 4.78. The predicted octanol–water partition coefficient (Wildman–Crippen LogP) is 2.70. The molecule has 1 amide bonds. The lowest BCUT2D eigenvalue weighted by atomic mass is 10.2. The third-order valence-corrected chi connectivity index (χ3v) is 1.84. The summed E-state index contributed by atoms with van der Waals surface area (Å²) >= 11 is 5.39. The van der Waals surface area contributed by atoms with Crippen LogP contribution in [0.5, 0.6) is 0 Å². The van der Waals surface area contributed by atoms with E-state index in [0.29, 0.717) is 5.69 Å². The van der Waals surface area contributed by atoms with Crippen LogP contribution in [-0.4, -0.2) is 11.8 Å². The van der Waals surface area contributed by atoms with Crippen molar-refractivity contribution in [2.75, 3.05) is 11.2 Å². The molecule has 0 heterocycles. The van der Waals surface area contributed by atoms with Crippen molar-refractivity contribution in [1.29, 1.82) is 0 Å². The van der Waals surface area contributed by atoms with Crippen molar-refractivity contribution in [3.05, 3.63) is 29.6 Å². The molecule has 0 aliphatic heterocycles. The van der Waals surface area contributed by atoms with E-state index >= 15 is 0 Å². The Hall–Kier alpha value is -1.09. The number of anilines is 1. The Bertz CT molecular complexity index is 321. The monoisotopic (exact) mass is 215 g/mol. The highest BCUT2D eigenvalue weighted by molar-refractivity contribution is 6.19. The molecule has 0 radical (unpaired) electrons. The molecule has 0 unspecified atom stereocenters. The average Bonchev–Trinajstić information content (AvgIpc) is 2.01. The summed E-state index contributed by atoms with van der Waals surface area (Å²) in [6, 6.07) is 4.38. The van der Waals surface area contributed by atoms with E-state index in [1.807, 2.05) is 0 Å². The summed E-state index contributed by atoms with van der Waals surface area (Å²) < 4.78 is 12.9. The van der Waals surface area contributed by atoms with Crippen LogP contribution in [0, 0.1) is 12.7 Å². The summed E-state index contributed by atoms with van der Waals surface area (Å²) in [5, 5.41) is 2.56. The van der Waals surface area contributed by atoms with Crippen LogP contribution in [0.25, 0.3) is 0 Å². The van der Waals surface area contributed by atoms with Crippen LogP contribution in [0.4, 0.5) is 10.1 Å². The number of halogens is 2. The van der Waals surface area contributed by atoms with Crippen molar-refractivity contribution in [3.8, 4) is 0 Å². The fourth-order valence-electron chi connectivity index (χ4n) is 1.12. The smallest absolute Gasteiger partial charge is 0.225 e. The third-order valence-electron chi connectivity index (χ3n) is 1.65. The highest BCUT2D eigenvalue weighted by atomic mass is 35.5. The van der Waals surface area contributed by atoms with Crippen molar-refractivity contribution in [2.24, 2.45) is 0 Å². The first-order chi connectivity index (χ1) is 6.61. The van der Waals surface area contributed by atoms with Gasteiger partial charge in [0, 0.05) is 18.0 Å². The second kappa shape index (κ2) is 4.96. The standard InChI is InChI=1S/C10H11ClFNO/c1-7-4-8(12)6-9(5-7)13-10(14)2-3-11/h4-6H,2-3H2,1H3,(H,13,14). The largest absolute Gasteiger partial charge is 0.326 e. The molecule has 14 heavy (non-hydrogen) atoms. The molecule has 0 aliphatic carbocycles. The molecule has 2 nitrogen and oxygen atoms in total. The molecular weight excluding hydrogens is 205 g/mol. The van der Waals surface area contributed by atoms with Gasteiger partial charge < -0.3 is 5.32 Å². The van der Waals surface area contributed by atoms with E-state index in [1.165, 1.54) is 12.1 Å². The molecular formula is C10H11ClFNO. The molecule has 4 heteroatoms. The number of benzene rings is 1. The Balaban J connectivity index is 2.71. The van der Waals surface area contributed by atoms with Gasteiger partial charge in [-0.2, -0.15) is 0 Å². The molecule has 1 rings (SSSR count). The first kappa shape index (κ1) is 11.0. The van der Waals surface area contributed by atoms with Crippen molar-refractivity contribution >= 4 is 23.2 Å². The van der Waals surface area contributed by atoms with Gasteiger partial charge in [-0.15, -0.1) is 11.6 Å².